The van der Waals surface area contributed by atoms with Crippen LogP contribution in [0.2, 0.25) is 0 Å². The van der Waals surface area contributed by atoms with Gasteiger partial charge in [0, 0.05) is 31.5 Å². The number of aromatic carboxylic acids is 1. The minimum Gasteiger partial charge on any atom is -0.478 e. The summed E-state index contributed by atoms with van der Waals surface area (Å²) in [5, 5.41) is 12.7. The number of oxazole rings is 1. The third kappa shape index (κ3) is 4.62. The smallest absolute Gasteiger partial charge is 0.340 e. The SMILES string of the molecule is CNc1ccc2oc(C[C@@H]3OC4(CC[C@@H]3C)OC([C@@H](C)C(=O)c3ccc[nH]3)[C@@H](C)C[C@H]4C)nc2c1C(=O)O. The van der Waals surface area contributed by atoms with E-state index in [1.54, 1.807) is 31.4 Å². The van der Waals surface area contributed by atoms with Crippen molar-refractivity contribution in [1.29, 1.82) is 0 Å². The Labute approximate surface area is 222 Å². The molecule has 2 unspecified atom stereocenters. The molecule has 2 aliphatic heterocycles. The number of aromatic amines is 1. The Morgan fingerprint density at radius 1 is 1.21 bits per heavy atom. The molecule has 0 bridgehead atoms. The summed E-state index contributed by atoms with van der Waals surface area (Å²) in [4.78, 5) is 32.7. The molecule has 9 heteroatoms. The number of ketones is 1. The number of nitrogens with zero attached hydrogens (tertiary/aromatic N) is 1. The molecule has 0 saturated carbocycles. The lowest BCUT2D eigenvalue weighted by Gasteiger charge is -2.53. The molecule has 3 N–H and O–H groups in total. The van der Waals surface area contributed by atoms with Crippen molar-refractivity contribution < 1.29 is 28.6 Å². The Bertz CT molecular complexity index is 1320. The van der Waals surface area contributed by atoms with Gasteiger partial charge in [0.2, 0.25) is 0 Å². The number of benzene rings is 1. The van der Waals surface area contributed by atoms with Crippen LogP contribution in [0.4, 0.5) is 5.69 Å². The minimum atomic E-state index is -1.06. The standard InChI is InChI=1S/C29H37N3O6/c1-15-10-11-29(17(3)13-16(2)27(38-29)18(4)26(33)20-7-6-12-31-20)37-22(15)14-23-32-25-21(36-23)9-8-19(30-5)24(25)28(34)35/h6-9,12,15-18,22,27,30-31H,10-11,13-14H2,1-5H3,(H,34,35)/t15-,16-,17+,18-,22-,27?,29?/m0/s1. The predicted molar refractivity (Wildman–Crippen MR) is 142 cm³/mol. The lowest BCUT2D eigenvalue weighted by atomic mass is 9.75. The predicted octanol–water partition coefficient (Wildman–Crippen LogP) is 5.53. The summed E-state index contributed by atoms with van der Waals surface area (Å²) in [5.74, 6) is -1.11. The van der Waals surface area contributed by atoms with Crippen LogP contribution in [-0.2, 0) is 15.9 Å². The molecule has 9 nitrogen and oxygen atoms in total. The number of H-pyrrole nitrogens is 1. The highest BCUT2D eigenvalue weighted by atomic mass is 16.7. The number of fused-ring (bicyclic) bond motifs is 1. The van der Waals surface area contributed by atoms with Crippen LogP contribution in [-0.4, -0.2) is 51.9 Å². The molecule has 1 aromatic carbocycles. The van der Waals surface area contributed by atoms with E-state index in [4.69, 9.17) is 13.9 Å². The van der Waals surface area contributed by atoms with E-state index in [-0.39, 0.29) is 47.2 Å². The summed E-state index contributed by atoms with van der Waals surface area (Å²) in [6, 6.07) is 7.05. The van der Waals surface area contributed by atoms with E-state index in [1.807, 2.05) is 13.0 Å². The number of carbonyl (C=O) groups excluding carboxylic acids is 1. The Hall–Kier alpha value is -3.17. The number of ether oxygens (including phenoxy) is 2. The Morgan fingerprint density at radius 3 is 2.68 bits per heavy atom. The largest absolute Gasteiger partial charge is 0.478 e. The van der Waals surface area contributed by atoms with Crippen LogP contribution in [0.5, 0.6) is 0 Å². The highest BCUT2D eigenvalue weighted by Gasteiger charge is 2.52. The fourth-order valence-electron chi connectivity index (χ4n) is 6.27. The Morgan fingerprint density at radius 2 is 2.00 bits per heavy atom. The van der Waals surface area contributed by atoms with Crippen molar-refractivity contribution in [1.82, 2.24) is 9.97 Å². The van der Waals surface area contributed by atoms with Gasteiger partial charge < -0.3 is 29.3 Å². The fraction of sp³-hybridized carbons (Fsp3) is 0.552. The first-order chi connectivity index (χ1) is 18.1. The van der Waals surface area contributed by atoms with Crippen LogP contribution in [0, 0.1) is 23.7 Å². The summed E-state index contributed by atoms with van der Waals surface area (Å²) >= 11 is 0. The van der Waals surface area contributed by atoms with Crippen LogP contribution in [0.25, 0.3) is 11.1 Å². The number of carboxylic acids is 1. The van der Waals surface area contributed by atoms with Crippen molar-refractivity contribution in [3.8, 4) is 0 Å². The molecule has 0 radical (unpaired) electrons. The number of rotatable bonds is 7. The van der Waals surface area contributed by atoms with Crippen molar-refractivity contribution in [3.63, 3.8) is 0 Å². The molecule has 2 fully saturated rings. The lowest BCUT2D eigenvalue weighted by molar-refractivity contribution is -0.355. The van der Waals surface area contributed by atoms with Crippen LogP contribution in [0.1, 0.15) is 73.7 Å². The van der Waals surface area contributed by atoms with Crippen molar-refractivity contribution in [2.45, 2.75) is 71.4 Å². The number of carbonyl (C=O) groups is 2. The maximum atomic E-state index is 13.1. The zero-order chi connectivity index (χ0) is 27.2. The fourth-order valence-corrected chi connectivity index (χ4v) is 6.27. The van der Waals surface area contributed by atoms with Gasteiger partial charge in [0.05, 0.1) is 30.0 Å². The van der Waals surface area contributed by atoms with Gasteiger partial charge in [-0.3, -0.25) is 4.79 Å². The van der Waals surface area contributed by atoms with Gasteiger partial charge in [0.1, 0.15) is 11.1 Å². The van der Waals surface area contributed by atoms with Gasteiger partial charge in [-0.15, -0.1) is 0 Å². The molecule has 3 aromatic rings. The summed E-state index contributed by atoms with van der Waals surface area (Å²) in [6.07, 6.45) is 4.22. The molecule has 5 rings (SSSR count). The van der Waals surface area contributed by atoms with Gasteiger partial charge in [-0.2, -0.15) is 0 Å². The van der Waals surface area contributed by atoms with E-state index in [2.05, 4.69) is 36.1 Å². The molecular weight excluding hydrogens is 486 g/mol. The second-order valence-electron chi connectivity index (χ2n) is 11.1. The molecule has 2 aliphatic rings. The molecule has 2 aromatic heterocycles. The first-order valence-corrected chi connectivity index (χ1v) is 13.5. The summed E-state index contributed by atoms with van der Waals surface area (Å²) in [6.45, 7) is 8.39. The number of hydrogen-bond acceptors (Lipinski definition) is 7. The second-order valence-corrected chi connectivity index (χ2v) is 11.1. The van der Waals surface area contributed by atoms with Crippen LogP contribution >= 0.6 is 0 Å². The van der Waals surface area contributed by atoms with Crippen molar-refractivity contribution in [3.05, 3.63) is 47.6 Å². The van der Waals surface area contributed by atoms with E-state index in [9.17, 15) is 14.7 Å². The summed E-state index contributed by atoms with van der Waals surface area (Å²) in [7, 11) is 1.68. The minimum absolute atomic E-state index is 0.0407. The maximum Gasteiger partial charge on any atom is 0.340 e. The molecule has 38 heavy (non-hydrogen) atoms. The number of nitrogens with one attached hydrogen (secondary N) is 2. The Balaban J connectivity index is 1.39. The van der Waals surface area contributed by atoms with Crippen molar-refractivity contribution >= 4 is 28.5 Å². The highest BCUT2D eigenvalue weighted by molar-refractivity contribution is 6.06. The second kappa shape index (κ2) is 10.2. The summed E-state index contributed by atoms with van der Waals surface area (Å²) in [5.41, 5.74) is 1.93. The third-order valence-electron chi connectivity index (χ3n) is 8.54. The monoisotopic (exact) mass is 523 g/mol. The first-order valence-electron chi connectivity index (χ1n) is 13.5. The van der Waals surface area contributed by atoms with E-state index >= 15 is 0 Å². The van der Waals surface area contributed by atoms with Crippen molar-refractivity contribution in [2.24, 2.45) is 23.7 Å². The molecule has 4 heterocycles. The molecule has 0 aliphatic carbocycles. The number of anilines is 1. The molecule has 2 saturated heterocycles. The van der Waals surface area contributed by atoms with Gasteiger partial charge in [0.25, 0.3) is 0 Å². The molecule has 1 spiro atoms. The highest BCUT2D eigenvalue weighted by Crippen LogP contribution is 2.48. The van der Waals surface area contributed by atoms with Gasteiger partial charge in [-0.05, 0) is 48.9 Å². The number of Topliss-reactive ketones (excluding diaryl/α,β-unsaturated/α-hetero) is 1. The van der Waals surface area contributed by atoms with E-state index in [1.165, 1.54) is 0 Å². The lowest BCUT2D eigenvalue weighted by Crippen LogP contribution is -2.58. The quantitative estimate of drug-likeness (QED) is 0.345. The molecule has 0 amide bonds. The topological polar surface area (TPSA) is 127 Å². The number of hydrogen-bond donors (Lipinski definition) is 3. The van der Waals surface area contributed by atoms with Gasteiger partial charge in [-0.1, -0.05) is 27.7 Å². The summed E-state index contributed by atoms with van der Waals surface area (Å²) < 4.78 is 19.6. The van der Waals surface area contributed by atoms with E-state index in [0.717, 1.165) is 19.3 Å². The molecule has 204 valence electrons. The molecule has 7 atom stereocenters. The first kappa shape index (κ1) is 26.4. The normalized spacial score (nSPS) is 30.4. The van der Waals surface area contributed by atoms with Crippen LogP contribution < -0.4 is 5.32 Å². The van der Waals surface area contributed by atoms with Gasteiger partial charge >= 0.3 is 5.97 Å². The number of carboxylic acid groups (broad SMARTS) is 1. The third-order valence-corrected chi connectivity index (χ3v) is 8.54. The molecular formula is C29H37N3O6. The number of aromatic nitrogens is 2. The van der Waals surface area contributed by atoms with Crippen LogP contribution in [0.3, 0.4) is 0 Å². The van der Waals surface area contributed by atoms with Crippen LogP contribution in [0.15, 0.2) is 34.9 Å². The van der Waals surface area contributed by atoms with E-state index in [0.29, 0.717) is 34.8 Å². The van der Waals surface area contributed by atoms with E-state index < -0.39 is 11.8 Å². The Kier molecular flexibility index (Phi) is 7.09. The maximum absolute atomic E-state index is 13.1. The zero-order valence-corrected chi connectivity index (χ0v) is 22.6. The average Bonchev–Trinajstić information content (AvgIpc) is 3.57. The average molecular weight is 524 g/mol. The zero-order valence-electron chi connectivity index (χ0n) is 22.6. The van der Waals surface area contributed by atoms with Gasteiger partial charge in [0.15, 0.2) is 23.0 Å². The van der Waals surface area contributed by atoms with Gasteiger partial charge in [-0.25, -0.2) is 9.78 Å². The van der Waals surface area contributed by atoms with Crippen molar-refractivity contribution in [2.75, 3.05) is 12.4 Å².